The summed E-state index contributed by atoms with van der Waals surface area (Å²) in [4.78, 5) is 25.3. The molecule has 0 aromatic carbocycles. The third-order valence-electron chi connectivity index (χ3n) is 5.56. The first-order valence-corrected chi connectivity index (χ1v) is 10.8. The molecule has 9 nitrogen and oxygen atoms in total. The second-order valence-corrected chi connectivity index (χ2v) is 8.19. The molecule has 0 saturated carbocycles. The van der Waals surface area contributed by atoms with Crippen LogP contribution in [-0.4, -0.2) is 35.2 Å². The number of carbonyl (C=O) groups is 1. The fraction of sp³-hybridized carbons (Fsp3) is 0.348. The first kappa shape index (κ1) is 21.5. The Kier molecular flexibility index (Phi) is 6.44. The molecule has 0 aliphatic rings. The number of amides is 1. The first-order chi connectivity index (χ1) is 15.5. The lowest BCUT2D eigenvalue weighted by molar-refractivity contribution is -0.116. The minimum Gasteiger partial charge on any atom is -0.332 e. The van der Waals surface area contributed by atoms with Crippen molar-refractivity contribution in [2.24, 2.45) is 11.8 Å². The molecular formula is C23H28N8O. The van der Waals surface area contributed by atoms with E-state index in [-0.39, 0.29) is 12.5 Å². The molecule has 4 aromatic heterocycles. The summed E-state index contributed by atoms with van der Waals surface area (Å²) < 4.78 is 3.76. The molecular weight excluding hydrogens is 404 g/mol. The lowest BCUT2D eigenvalue weighted by Gasteiger charge is -2.20. The van der Waals surface area contributed by atoms with Crippen molar-refractivity contribution in [3.63, 3.8) is 0 Å². The summed E-state index contributed by atoms with van der Waals surface area (Å²) in [5.74, 6) is 1.53. The van der Waals surface area contributed by atoms with E-state index in [2.05, 4.69) is 57.2 Å². The van der Waals surface area contributed by atoms with Gasteiger partial charge in [-0.2, -0.15) is 10.1 Å². The van der Waals surface area contributed by atoms with Crippen molar-refractivity contribution in [2.75, 3.05) is 10.6 Å². The number of fused-ring (bicyclic) bond motifs is 1. The van der Waals surface area contributed by atoms with Gasteiger partial charge in [0.1, 0.15) is 12.2 Å². The minimum atomic E-state index is -0.169. The van der Waals surface area contributed by atoms with Gasteiger partial charge in [-0.15, -0.1) is 0 Å². The molecule has 0 radical (unpaired) electrons. The number of rotatable bonds is 9. The van der Waals surface area contributed by atoms with Crippen LogP contribution in [0.25, 0.3) is 11.0 Å². The molecule has 0 unspecified atom stereocenters. The quantitative estimate of drug-likeness (QED) is 0.413. The Balaban J connectivity index is 1.43. The van der Waals surface area contributed by atoms with Gasteiger partial charge in [0.25, 0.3) is 0 Å². The van der Waals surface area contributed by atoms with Crippen molar-refractivity contribution >= 4 is 34.3 Å². The molecule has 1 amide bonds. The highest BCUT2D eigenvalue weighted by Gasteiger charge is 2.14. The normalized spacial score (nSPS) is 12.2. The fourth-order valence-electron chi connectivity index (χ4n) is 3.67. The molecule has 4 rings (SSSR count). The number of nitrogens with zero attached hydrogens (tertiary/aromatic N) is 6. The highest BCUT2D eigenvalue weighted by atomic mass is 16.2. The van der Waals surface area contributed by atoms with E-state index in [9.17, 15) is 4.79 Å². The minimum absolute atomic E-state index is 0.0976. The van der Waals surface area contributed by atoms with E-state index in [0.29, 0.717) is 29.2 Å². The zero-order valence-corrected chi connectivity index (χ0v) is 18.6. The number of hydrogen-bond acceptors (Lipinski definition) is 6. The zero-order chi connectivity index (χ0) is 22.5. The highest BCUT2D eigenvalue weighted by Crippen LogP contribution is 2.22. The molecule has 0 spiro atoms. The van der Waals surface area contributed by atoms with E-state index in [1.54, 1.807) is 41.6 Å². The topological polar surface area (TPSA) is 103 Å². The smallest absolute Gasteiger partial charge is 0.246 e. The second kappa shape index (κ2) is 9.59. The van der Waals surface area contributed by atoms with Crippen LogP contribution >= 0.6 is 0 Å². The Bertz CT molecular complexity index is 1180. The zero-order valence-electron chi connectivity index (χ0n) is 18.6. The molecule has 0 aliphatic carbocycles. The molecule has 4 aromatic rings. The Morgan fingerprint density at radius 3 is 2.69 bits per heavy atom. The van der Waals surface area contributed by atoms with Gasteiger partial charge in [-0.05, 0) is 30.0 Å². The van der Waals surface area contributed by atoms with Crippen LogP contribution in [0.4, 0.5) is 17.3 Å². The van der Waals surface area contributed by atoms with Gasteiger partial charge < -0.3 is 15.2 Å². The van der Waals surface area contributed by atoms with Crippen LogP contribution in [0.5, 0.6) is 0 Å². The second-order valence-electron chi connectivity index (χ2n) is 8.19. The van der Waals surface area contributed by atoms with Gasteiger partial charge in [-0.1, -0.05) is 27.2 Å². The fourth-order valence-corrected chi connectivity index (χ4v) is 3.67. The predicted molar refractivity (Wildman–Crippen MR) is 125 cm³/mol. The van der Waals surface area contributed by atoms with Crippen molar-refractivity contribution in [3.05, 3.63) is 55.4 Å². The van der Waals surface area contributed by atoms with Crippen molar-refractivity contribution in [1.29, 1.82) is 0 Å². The highest BCUT2D eigenvalue weighted by molar-refractivity contribution is 5.90. The van der Waals surface area contributed by atoms with E-state index in [4.69, 9.17) is 4.98 Å². The lowest BCUT2D eigenvalue weighted by Crippen LogP contribution is -2.18. The molecule has 4 heterocycles. The monoisotopic (exact) mass is 432 g/mol. The van der Waals surface area contributed by atoms with Gasteiger partial charge in [0.2, 0.25) is 11.9 Å². The average molecular weight is 433 g/mol. The molecule has 0 aliphatic heterocycles. The number of nitrogens with one attached hydrogen (secondary N) is 2. The summed E-state index contributed by atoms with van der Waals surface area (Å²) in [6, 6.07) is 5.52. The Hall–Kier alpha value is -3.75. The van der Waals surface area contributed by atoms with E-state index in [1.165, 1.54) is 0 Å². The van der Waals surface area contributed by atoms with Crippen LogP contribution in [0.1, 0.15) is 27.2 Å². The lowest BCUT2D eigenvalue weighted by atomic mass is 9.93. The van der Waals surface area contributed by atoms with Crippen LogP contribution in [-0.2, 0) is 17.9 Å². The molecule has 0 saturated heterocycles. The maximum atomic E-state index is 12.2. The van der Waals surface area contributed by atoms with Gasteiger partial charge in [0.05, 0.1) is 11.9 Å². The molecule has 166 valence electrons. The first-order valence-electron chi connectivity index (χ1n) is 10.8. The standard InChI is InChI=1S/C23H28N8O/c1-4-17(16(2)3)13-30-10-7-18-11-25-23(29-22(18)30)28-20-12-26-31(14-20)15-21(32)27-19-5-8-24-9-6-19/h5-12,14,16-17H,4,13,15H2,1-3H3,(H,24,27,32)(H,25,28,29)/t17-/m1/s1. The van der Waals surface area contributed by atoms with E-state index in [0.717, 1.165) is 24.0 Å². The largest absolute Gasteiger partial charge is 0.332 e. The van der Waals surface area contributed by atoms with E-state index in [1.807, 2.05) is 12.3 Å². The van der Waals surface area contributed by atoms with Crippen LogP contribution in [0.15, 0.2) is 55.4 Å². The maximum Gasteiger partial charge on any atom is 0.246 e. The third kappa shape index (κ3) is 5.11. The van der Waals surface area contributed by atoms with Crippen molar-refractivity contribution in [2.45, 2.75) is 40.3 Å². The summed E-state index contributed by atoms with van der Waals surface area (Å²) >= 11 is 0. The predicted octanol–water partition coefficient (Wildman–Crippen LogP) is 4.09. The summed E-state index contributed by atoms with van der Waals surface area (Å²) in [5.41, 5.74) is 2.32. The molecule has 0 fully saturated rings. The molecule has 0 bridgehead atoms. The van der Waals surface area contributed by atoms with Crippen LogP contribution in [0, 0.1) is 11.8 Å². The van der Waals surface area contributed by atoms with Crippen molar-refractivity contribution < 1.29 is 4.79 Å². The van der Waals surface area contributed by atoms with Crippen LogP contribution in [0.3, 0.4) is 0 Å². The third-order valence-corrected chi connectivity index (χ3v) is 5.56. The number of carbonyl (C=O) groups excluding carboxylic acids is 1. The summed E-state index contributed by atoms with van der Waals surface area (Å²) in [6.07, 6.45) is 11.7. The number of pyridine rings is 1. The number of aromatic nitrogens is 6. The maximum absolute atomic E-state index is 12.2. The van der Waals surface area contributed by atoms with E-state index >= 15 is 0 Å². The van der Waals surface area contributed by atoms with Gasteiger partial charge in [-0.25, -0.2) is 4.98 Å². The number of anilines is 3. The summed E-state index contributed by atoms with van der Waals surface area (Å²) in [7, 11) is 0. The van der Waals surface area contributed by atoms with Gasteiger partial charge in [0.15, 0.2) is 0 Å². The Labute approximate surface area is 186 Å². The average Bonchev–Trinajstić information content (AvgIpc) is 3.38. The van der Waals surface area contributed by atoms with Crippen LogP contribution < -0.4 is 10.6 Å². The summed E-state index contributed by atoms with van der Waals surface area (Å²) in [5, 5.41) is 11.3. The van der Waals surface area contributed by atoms with Crippen LogP contribution in [0.2, 0.25) is 0 Å². The summed E-state index contributed by atoms with van der Waals surface area (Å²) in [6.45, 7) is 7.78. The molecule has 1 atom stereocenters. The molecule has 32 heavy (non-hydrogen) atoms. The van der Waals surface area contributed by atoms with Crippen molar-refractivity contribution in [3.8, 4) is 0 Å². The Morgan fingerprint density at radius 2 is 1.94 bits per heavy atom. The number of hydrogen-bond donors (Lipinski definition) is 2. The van der Waals surface area contributed by atoms with Gasteiger partial charge >= 0.3 is 0 Å². The molecule has 2 N–H and O–H groups in total. The van der Waals surface area contributed by atoms with E-state index < -0.39 is 0 Å². The van der Waals surface area contributed by atoms with Gasteiger partial charge in [0, 0.05) is 48.6 Å². The SMILES string of the molecule is CC[C@H](Cn1ccc2cnc(Nc3cnn(CC(=O)Nc4ccncc4)c3)nc21)C(C)C. The molecule has 9 heteroatoms. The van der Waals surface area contributed by atoms with Gasteiger partial charge in [-0.3, -0.25) is 14.5 Å². The Morgan fingerprint density at radius 1 is 1.12 bits per heavy atom. The van der Waals surface area contributed by atoms with Crippen molar-refractivity contribution in [1.82, 2.24) is 29.3 Å².